The summed E-state index contributed by atoms with van der Waals surface area (Å²) in [5.74, 6) is 3.99. The molecular formula is C20H35N7. The highest BCUT2D eigenvalue weighted by molar-refractivity contribution is 5.80. The van der Waals surface area contributed by atoms with Gasteiger partial charge in [0, 0.05) is 60.4 Å². The van der Waals surface area contributed by atoms with E-state index >= 15 is 0 Å². The second-order valence-electron chi connectivity index (χ2n) is 8.67. The van der Waals surface area contributed by atoms with Gasteiger partial charge in [0.05, 0.1) is 18.4 Å². The van der Waals surface area contributed by atoms with E-state index in [1.807, 2.05) is 32.2 Å². The molecule has 2 bridgehead atoms. The van der Waals surface area contributed by atoms with Gasteiger partial charge in [-0.1, -0.05) is 6.42 Å². The summed E-state index contributed by atoms with van der Waals surface area (Å²) in [5, 5.41) is 3.54. The second kappa shape index (κ2) is 7.70. The first kappa shape index (κ1) is 18.6. The van der Waals surface area contributed by atoms with Crippen molar-refractivity contribution < 1.29 is 0 Å². The van der Waals surface area contributed by atoms with Crippen molar-refractivity contribution in [3.05, 3.63) is 11.9 Å². The van der Waals surface area contributed by atoms with Crippen LogP contribution >= 0.6 is 0 Å². The van der Waals surface area contributed by atoms with Gasteiger partial charge in [-0.2, -0.15) is 0 Å². The van der Waals surface area contributed by atoms with Crippen molar-refractivity contribution in [2.75, 3.05) is 52.2 Å². The maximum atomic E-state index is 4.53. The molecule has 3 unspecified atom stereocenters. The lowest BCUT2D eigenvalue weighted by Crippen LogP contribution is -2.55. The van der Waals surface area contributed by atoms with Gasteiger partial charge in [-0.25, -0.2) is 4.98 Å². The molecule has 1 aromatic heterocycles. The van der Waals surface area contributed by atoms with E-state index in [0.29, 0.717) is 0 Å². The smallest absolute Gasteiger partial charge is 0.204 e. The molecule has 2 saturated carbocycles. The number of hydrogen-bond acceptors (Lipinski definition) is 4. The van der Waals surface area contributed by atoms with Crippen LogP contribution in [0.1, 0.15) is 31.4 Å². The molecule has 1 N–H and O–H groups in total. The van der Waals surface area contributed by atoms with Crippen molar-refractivity contribution in [3.8, 4) is 0 Å². The summed E-state index contributed by atoms with van der Waals surface area (Å²) >= 11 is 0. The number of fused-ring (bicyclic) bond motifs is 2. The fourth-order valence-corrected chi connectivity index (χ4v) is 5.44. The molecule has 0 amide bonds. The molecule has 3 atom stereocenters. The van der Waals surface area contributed by atoms with Gasteiger partial charge in [0.25, 0.3) is 0 Å². The quantitative estimate of drug-likeness (QED) is 0.638. The number of aliphatic imine (C=N–C) groups is 1. The zero-order valence-corrected chi connectivity index (χ0v) is 17.4. The zero-order chi connectivity index (χ0) is 19.0. The molecule has 2 aliphatic carbocycles. The van der Waals surface area contributed by atoms with Crippen LogP contribution < -0.4 is 10.2 Å². The van der Waals surface area contributed by atoms with E-state index in [2.05, 4.69) is 36.7 Å². The van der Waals surface area contributed by atoms with Crippen molar-refractivity contribution in [1.29, 1.82) is 0 Å². The highest BCUT2D eigenvalue weighted by Gasteiger charge is 2.42. The van der Waals surface area contributed by atoms with Crippen molar-refractivity contribution in [2.45, 2.75) is 38.3 Å². The van der Waals surface area contributed by atoms with Gasteiger partial charge in [0.1, 0.15) is 0 Å². The third kappa shape index (κ3) is 3.66. The van der Waals surface area contributed by atoms with Gasteiger partial charge < -0.3 is 19.7 Å². The van der Waals surface area contributed by atoms with Crippen molar-refractivity contribution >= 4 is 11.9 Å². The maximum Gasteiger partial charge on any atom is 0.204 e. The first-order chi connectivity index (χ1) is 13.1. The first-order valence-electron chi connectivity index (χ1n) is 10.4. The lowest BCUT2D eigenvalue weighted by molar-refractivity contribution is 0.0958. The Labute approximate surface area is 163 Å². The molecule has 7 nitrogen and oxygen atoms in total. The Morgan fingerprint density at radius 3 is 2.56 bits per heavy atom. The number of aromatic nitrogens is 2. The minimum Gasteiger partial charge on any atom is -0.351 e. The Morgan fingerprint density at radius 2 is 2.00 bits per heavy atom. The van der Waals surface area contributed by atoms with Crippen LogP contribution in [0.5, 0.6) is 0 Å². The zero-order valence-electron chi connectivity index (χ0n) is 17.4. The summed E-state index contributed by atoms with van der Waals surface area (Å²) in [6, 6.07) is 0.861. The summed E-state index contributed by atoms with van der Waals surface area (Å²) < 4.78 is 2.13. The number of imidazole rings is 1. The monoisotopic (exact) mass is 373 g/mol. The normalized spacial score (nSPS) is 28.8. The molecule has 0 radical (unpaired) electrons. The Kier molecular flexibility index (Phi) is 5.30. The van der Waals surface area contributed by atoms with Gasteiger partial charge in [-0.3, -0.25) is 9.89 Å². The molecule has 1 aromatic rings. The summed E-state index contributed by atoms with van der Waals surface area (Å²) in [6.07, 6.45) is 7.85. The summed E-state index contributed by atoms with van der Waals surface area (Å²) in [6.45, 7) is 5.23. The van der Waals surface area contributed by atoms with Crippen LogP contribution in [0, 0.1) is 11.8 Å². The maximum absolute atomic E-state index is 4.53. The lowest BCUT2D eigenvalue weighted by atomic mass is 9.93. The molecule has 0 spiro atoms. The summed E-state index contributed by atoms with van der Waals surface area (Å²) in [7, 11) is 8.00. The molecule has 3 aliphatic rings. The Hall–Kier alpha value is -1.76. The minimum atomic E-state index is 0.747. The number of anilines is 1. The average molecular weight is 374 g/mol. The topological polar surface area (TPSA) is 51.9 Å². The van der Waals surface area contributed by atoms with E-state index in [4.69, 9.17) is 0 Å². The number of nitrogens with one attached hydrogen (secondary N) is 1. The minimum absolute atomic E-state index is 0.747. The highest BCUT2D eigenvalue weighted by Crippen LogP contribution is 2.46. The van der Waals surface area contributed by atoms with E-state index in [9.17, 15) is 0 Å². The van der Waals surface area contributed by atoms with E-state index in [1.54, 1.807) is 0 Å². The van der Waals surface area contributed by atoms with E-state index in [-0.39, 0.29) is 0 Å². The first-order valence-corrected chi connectivity index (χ1v) is 10.4. The molecule has 1 aliphatic heterocycles. The van der Waals surface area contributed by atoms with Crippen molar-refractivity contribution in [1.82, 2.24) is 24.7 Å². The third-order valence-corrected chi connectivity index (χ3v) is 6.88. The van der Waals surface area contributed by atoms with Crippen LogP contribution in [0.4, 0.5) is 5.95 Å². The molecule has 3 fully saturated rings. The summed E-state index contributed by atoms with van der Waals surface area (Å²) in [5.41, 5.74) is 1.17. The second-order valence-corrected chi connectivity index (χ2v) is 8.67. The predicted molar refractivity (Wildman–Crippen MR) is 110 cm³/mol. The summed E-state index contributed by atoms with van der Waals surface area (Å²) in [4.78, 5) is 16.2. The predicted octanol–water partition coefficient (Wildman–Crippen LogP) is 1.37. The molecule has 150 valence electrons. The number of piperazine rings is 1. The highest BCUT2D eigenvalue weighted by atomic mass is 15.4. The van der Waals surface area contributed by atoms with E-state index in [0.717, 1.165) is 49.4 Å². The Bertz CT molecular complexity index is 672. The molecule has 2 heterocycles. The van der Waals surface area contributed by atoms with Gasteiger partial charge in [-0.05, 0) is 31.1 Å². The van der Waals surface area contributed by atoms with Gasteiger partial charge in [0.2, 0.25) is 5.95 Å². The van der Waals surface area contributed by atoms with E-state index in [1.165, 1.54) is 44.5 Å². The Balaban J connectivity index is 1.29. The van der Waals surface area contributed by atoms with Crippen LogP contribution in [0.25, 0.3) is 0 Å². The number of rotatable bonds is 4. The molecule has 1 saturated heterocycles. The third-order valence-electron chi connectivity index (χ3n) is 6.88. The van der Waals surface area contributed by atoms with Crippen LogP contribution in [0.15, 0.2) is 11.2 Å². The SMILES string of the molecule is CN=C(NCc1cnc(N(C)C)n1C)N1CCN(C2CC3CCC2C3)CC1. The molecule has 7 heteroatoms. The van der Waals surface area contributed by atoms with Crippen LogP contribution in [0.3, 0.4) is 0 Å². The van der Waals surface area contributed by atoms with Gasteiger partial charge in [-0.15, -0.1) is 0 Å². The molecule has 0 aromatic carbocycles. The average Bonchev–Trinajstić information content (AvgIpc) is 3.39. The van der Waals surface area contributed by atoms with Crippen molar-refractivity contribution in [2.24, 2.45) is 23.9 Å². The largest absolute Gasteiger partial charge is 0.351 e. The standard InChI is InChI=1S/C20H35N7/c1-21-19(22-13-17-14-23-20(24(2)3)25(17)4)27-9-7-26(8-10-27)18-12-15-5-6-16(18)11-15/h14-16,18H,5-13H2,1-4H3,(H,21,22). The number of guanidine groups is 1. The number of hydrogen-bond donors (Lipinski definition) is 1. The lowest BCUT2D eigenvalue weighted by Gasteiger charge is -2.41. The fourth-order valence-electron chi connectivity index (χ4n) is 5.44. The van der Waals surface area contributed by atoms with Crippen molar-refractivity contribution in [3.63, 3.8) is 0 Å². The van der Waals surface area contributed by atoms with Crippen LogP contribution in [-0.4, -0.2) is 78.7 Å². The molecule has 27 heavy (non-hydrogen) atoms. The van der Waals surface area contributed by atoms with Gasteiger partial charge >= 0.3 is 0 Å². The Morgan fingerprint density at radius 1 is 1.22 bits per heavy atom. The molecular weight excluding hydrogens is 338 g/mol. The molecule has 4 rings (SSSR count). The van der Waals surface area contributed by atoms with E-state index < -0.39 is 0 Å². The number of nitrogens with zero attached hydrogens (tertiary/aromatic N) is 6. The van der Waals surface area contributed by atoms with Crippen LogP contribution in [0.2, 0.25) is 0 Å². The van der Waals surface area contributed by atoms with Crippen LogP contribution in [-0.2, 0) is 13.6 Å². The van der Waals surface area contributed by atoms with Gasteiger partial charge in [0.15, 0.2) is 5.96 Å². The fraction of sp³-hybridized carbons (Fsp3) is 0.800.